The Morgan fingerprint density at radius 2 is 1.32 bits per heavy atom. The van der Waals surface area contributed by atoms with Gasteiger partial charge in [0.1, 0.15) is 11.4 Å². The summed E-state index contributed by atoms with van der Waals surface area (Å²) in [5.41, 5.74) is 2.50. The lowest BCUT2D eigenvalue weighted by atomic mass is 9.80. The van der Waals surface area contributed by atoms with Crippen molar-refractivity contribution in [2.24, 2.45) is 4.99 Å². The van der Waals surface area contributed by atoms with Crippen molar-refractivity contribution in [1.29, 1.82) is 0 Å². The SMILES string of the molecule is C=CCC(N=Cc1ccc(F)cc1)(c1ccccc1)c1ccccc1. The van der Waals surface area contributed by atoms with Crippen molar-refractivity contribution in [3.63, 3.8) is 0 Å². The second-order valence-electron chi connectivity index (χ2n) is 5.89. The first-order valence-corrected chi connectivity index (χ1v) is 8.27. The summed E-state index contributed by atoms with van der Waals surface area (Å²) in [6.45, 7) is 3.94. The van der Waals surface area contributed by atoms with Gasteiger partial charge in [0.05, 0.1) is 0 Å². The fourth-order valence-electron chi connectivity index (χ4n) is 2.97. The molecule has 0 amide bonds. The van der Waals surface area contributed by atoms with Crippen LogP contribution in [0.1, 0.15) is 23.1 Å². The maximum absolute atomic E-state index is 13.2. The smallest absolute Gasteiger partial charge is 0.123 e. The monoisotopic (exact) mass is 329 g/mol. The van der Waals surface area contributed by atoms with Gasteiger partial charge in [-0.2, -0.15) is 0 Å². The summed E-state index contributed by atoms with van der Waals surface area (Å²) in [7, 11) is 0. The topological polar surface area (TPSA) is 12.4 Å². The molecule has 0 atom stereocenters. The minimum atomic E-state index is -0.557. The van der Waals surface area contributed by atoms with Crippen LogP contribution in [0.5, 0.6) is 0 Å². The van der Waals surface area contributed by atoms with Crippen LogP contribution in [0.15, 0.2) is 103 Å². The van der Waals surface area contributed by atoms with Gasteiger partial charge in [-0.15, -0.1) is 6.58 Å². The van der Waals surface area contributed by atoms with E-state index in [0.29, 0.717) is 6.42 Å². The van der Waals surface area contributed by atoms with Crippen LogP contribution in [-0.2, 0) is 5.54 Å². The van der Waals surface area contributed by atoms with Crippen LogP contribution in [0, 0.1) is 5.82 Å². The highest BCUT2D eigenvalue weighted by atomic mass is 19.1. The highest BCUT2D eigenvalue weighted by Gasteiger charge is 2.31. The molecule has 0 unspecified atom stereocenters. The standard InChI is InChI=1S/C23H20FN/c1-2-17-23(20-9-5-3-6-10-20,21-11-7-4-8-12-21)25-18-19-13-15-22(24)16-14-19/h2-16,18H,1,17H2. The van der Waals surface area contributed by atoms with E-state index >= 15 is 0 Å². The van der Waals surface area contributed by atoms with Crippen LogP contribution >= 0.6 is 0 Å². The van der Waals surface area contributed by atoms with E-state index in [1.54, 1.807) is 12.1 Å². The molecule has 0 spiro atoms. The van der Waals surface area contributed by atoms with Crippen molar-refractivity contribution < 1.29 is 4.39 Å². The van der Waals surface area contributed by atoms with E-state index in [9.17, 15) is 4.39 Å². The first kappa shape index (κ1) is 16.8. The predicted molar refractivity (Wildman–Crippen MR) is 102 cm³/mol. The third-order valence-corrected chi connectivity index (χ3v) is 4.25. The number of hydrogen-bond acceptors (Lipinski definition) is 1. The van der Waals surface area contributed by atoms with Crippen LogP contribution < -0.4 is 0 Å². The molecule has 0 aliphatic heterocycles. The van der Waals surface area contributed by atoms with Gasteiger partial charge < -0.3 is 0 Å². The molecule has 3 aromatic rings. The number of hydrogen-bond donors (Lipinski definition) is 0. The molecule has 1 nitrogen and oxygen atoms in total. The summed E-state index contributed by atoms with van der Waals surface area (Å²) in [5, 5.41) is 0. The number of nitrogens with zero attached hydrogens (tertiary/aromatic N) is 1. The van der Waals surface area contributed by atoms with Crippen molar-refractivity contribution in [1.82, 2.24) is 0 Å². The lowest BCUT2D eigenvalue weighted by Gasteiger charge is -2.30. The highest BCUT2D eigenvalue weighted by molar-refractivity contribution is 5.80. The Labute approximate surface area is 148 Å². The lowest BCUT2D eigenvalue weighted by molar-refractivity contribution is 0.554. The summed E-state index contributed by atoms with van der Waals surface area (Å²) in [4.78, 5) is 4.97. The van der Waals surface area contributed by atoms with E-state index in [1.165, 1.54) is 12.1 Å². The molecule has 3 rings (SSSR count). The quantitative estimate of drug-likeness (QED) is 0.402. The number of aliphatic imine (C=N–C) groups is 1. The van der Waals surface area contributed by atoms with Gasteiger partial charge >= 0.3 is 0 Å². The minimum Gasteiger partial charge on any atom is -0.276 e. The number of benzene rings is 3. The van der Waals surface area contributed by atoms with Crippen LogP contribution in [0.3, 0.4) is 0 Å². The second kappa shape index (κ2) is 7.71. The summed E-state index contributed by atoms with van der Waals surface area (Å²) >= 11 is 0. The minimum absolute atomic E-state index is 0.249. The number of rotatable bonds is 6. The summed E-state index contributed by atoms with van der Waals surface area (Å²) < 4.78 is 13.2. The van der Waals surface area contributed by atoms with Crippen LogP contribution in [0.4, 0.5) is 4.39 Å². The first-order valence-electron chi connectivity index (χ1n) is 8.27. The Morgan fingerprint density at radius 3 is 1.80 bits per heavy atom. The Kier molecular flexibility index (Phi) is 5.20. The zero-order valence-corrected chi connectivity index (χ0v) is 14.0. The normalized spacial score (nSPS) is 11.6. The largest absolute Gasteiger partial charge is 0.276 e. The van der Waals surface area contributed by atoms with E-state index < -0.39 is 5.54 Å². The Morgan fingerprint density at radius 1 is 0.800 bits per heavy atom. The molecule has 0 aliphatic rings. The van der Waals surface area contributed by atoms with Crippen LogP contribution in [0.2, 0.25) is 0 Å². The zero-order valence-electron chi connectivity index (χ0n) is 14.0. The Bertz CT molecular complexity index is 797. The van der Waals surface area contributed by atoms with Gasteiger partial charge in [-0.1, -0.05) is 78.9 Å². The molecule has 124 valence electrons. The molecule has 0 aromatic heterocycles. The molecule has 0 heterocycles. The fraction of sp³-hybridized carbons (Fsp3) is 0.0870. The van der Waals surface area contributed by atoms with E-state index in [2.05, 4.69) is 30.8 Å². The third kappa shape index (κ3) is 3.74. The molecule has 0 aliphatic carbocycles. The molecular formula is C23H20FN. The molecule has 0 N–H and O–H groups in total. The summed E-state index contributed by atoms with van der Waals surface area (Å²) in [6.07, 6.45) is 4.36. The molecule has 2 heteroatoms. The lowest BCUT2D eigenvalue weighted by Crippen LogP contribution is -2.25. The molecule has 0 saturated carbocycles. The van der Waals surface area contributed by atoms with Crippen LogP contribution in [0.25, 0.3) is 0 Å². The van der Waals surface area contributed by atoms with Crippen molar-refractivity contribution >= 4 is 6.21 Å². The second-order valence-corrected chi connectivity index (χ2v) is 5.89. The molecule has 3 aromatic carbocycles. The average Bonchev–Trinajstić information content (AvgIpc) is 2.68. The van der Waals surface area contributed by atoms with Gasteiger partial charge in [-0.3, -0.25) is 4.99 Å². The van der Waals surface area contributed by atoms with E-state index in [-0.39, 0.29) is 5.82 Å². The molecular weight excluding hydrogens is 309 g/mol. The van der Waals surface area contributed by atoms with Crippen molar-refractivity contribution in [2.75, 3.05) is 0 Å². The van der Waals surface area contributed by atoms with Gasteiger partial charge in [0, 0.05) is 6.21 Å². The summed E-state index contributed by atoms with van der Waals surface area (Å²) in [5.74, 6) is -0.249. The third-order valence-electron chi connectivity index (χ3n) is 4.25. The zero-order chi connectivity index (χ0) is 17.5. The molecule has 25 heavy (non-hydrogen) atoms. The predicted octanol–water partition coefficient (Wildman–Crippen LogP) is 5.76. The molecule has 0 fully saturated rings. The van der Waals surface area contributed by atoms with E-state index in [1.807, 2.05) is 48.7 Å². The van der Waals surface area contributed by atoms with Crippen molar-refractivity contribution in [2.45, 2.75) is 12.0 Å². The fourth-order valence-corrected chi connectivity index (χ4v) is 2.97. The van der Waals surface area contributed by atoms with Crippen LogP contribution in [-0.4, -0.2) is 6.21 Å². The van der Waals surface area contributed by atoms with E-state index in [4.69, 9.17) is 4.99 Å². The summed E-state index contributed by atoms with van der Waals surface area (Å²) in [6, 6.07) is 26.7. The molecule has 0 radical (unpaired) electrons. The van der Waals surface area contributed by atoms with Gasteiger partial charge in [-0.05, 0) is 35.2 Å². The maximum atomic E-state index is 13.2. The van der Waals surface area contributed by atoms with Gasteiger partial charge in [0.15, 0.2) is 0 Å². The van der Waals surface area contributed by atoms with Gasteiger partial charge in [-0.25, -0.2) is 4.39 Å². The van der Waals surface area contributed by atoms with Crippen molar-refractivity contribution in [3.8, 4) is 0 Å². The highest BCUT2D eigenvalue weighted by Crippen LogP contribution is 2.37. The first-order chi connectivity index (χ1) is 12.2. The molecule has 0 bridgehead atoms. The van der Waals surface area contributed by atoms with Gasteiger partial charge in [0.25, 0.3) is 0 Å². The average molecular weight is 329 g/mol. The van der Waals surface area contributed by atoms with Gasteiger partial charge in [0.2, 0.25) is 0 Å². The maximum Gasteiger partial charge on any atom is 0.123 e. The Hall–Kier alpha value is -3.00. The number of halogens is 1. The van der Waals surface area contributed by atoms with Crippen molar-refractivity contribution in [3.05, 3.63) is 120 Å². The van der Waals surface area contributed by atoms with E-state index in [0.717, 1.165) is 16.7 Å². The molecule has 0 saturated heterocycles. The Balaban J connectivity index is 2.13.